The topological polar surface area (TPSA) is 95.1 Å². The van der Waals surface area contributed by atoms with Gasteiger partial charge in [-0.15, -0.1) is 0 Å². The first-order valence-corrected chi connectivity index (χ1v) is 3.87. The molecule has 4 heteroatoms. The zero-order valence-corrected chi connectivity index (χ0v) is 6.96. The van der Waals surface area contributed by atoms with Gasteiger partial charge in [0, 0.05) is 6.54 Å². The fraction of sp³-hybridized carbons (Fsp3) is 0.857. The molecular weight excluding hydrogens is 142 g/mol. The predicted molar refractivity (Wildman–Crippen MR) is 47.1 cm³/mol. The molecule has 0 bridgehead atoms. The van der Waals surface area contributed by atoms with E-state index in [-0.39, 0.29) is 6.54 Å². The van der Waals surface area contributed by atoms with Crippen LogP contribution in [-0.4, -0.2) is 25.9 Å². The average molecular weight is 161 g/mol. The summed E-state index contributed by atoms with van der Waals surface area (Å²) in [6.07, 6.45) is 4.08. The van der Waals surface area contributed by atoms with Crippen molar-refractivity contribution in [1.29, 1.82) is 0 Å². The molecule has 0 saturated carbocycles. The van der Waals surface area contributed by atoms with E-state index in [9.17, 15) is 0 Å². The van der Waals surface area contributed by atoms with E-state index in [4.69, 9.17) is 16.3 Å². The van der Waals surface area contributed by atoms with Crippen LogP contribution in [0.3, 0.4) is 0 Å². The third-order valence-corrected chi connectivity index (χ3v) is 1.00. The van der Waals surface area contributed by atoms with Crippen molar-refractivity contribution in [3.8, 4) is 0 Å². The first kappa shape index (κ1) is 13.2. The molecule has 0 atom stereocenters. The van der Waals surface area contributed by atoms with E-state index < -0.39 is 0 Å². The highest BCUT2D eigenvalue weighted by molar-refractivity contribution is 5.51. The van der Waals surface area contributed by atoms with Gasteiger partial charge in [-0.25, -0.2) is 0 Å². The van der Waals surface area contributed by atoms with Gasteiger partial charge in [0.25, 0.3) is 0 Å². The van der Waals surface area contributed by atoms with E-state index in [0.29, 0.717) is 6.29 Å². The smallest absolute Gasteiger partial charge is 0.133 e. The molecule has 0 aromatic heterocycles. The summed E-state index contributed by atoms with van der Waals surface area (Å²) in [6, 6.07) is 0. The van der Waals surface area contributed by atoms with Crippen molar-refractivity contribution in [3.05, 3.63) is 0 Å². The van der Waals surface area contributed by atoms with Gasteiger partial charge in [0.05, 0.1) is 0 Å². The van der Waals surface area contributed by atoms with Crippen LogP contribution < -0.4 is 17.2 Å². The second kappa shape index (κ2) is 16.3. The molecule has 0 rings (SSSR count). The highest BCUT2D eigenvalue weighted by Crippen LogP contribution is 1.88. The lowest BCUT2D eigenvalue weighted by Gasteiger charge is -1.91. The van der Waals surface area contributed by atoms with Gasteiger partial charge in [-0.3, -0.25) is 0 Å². The van der Waals surface area contributed by atoms with Crippen LogP contribution in [0.1, 0.15) is 19.3 Å². The van der Waals surface area contributed by atoms with Crippen molar-refractivity contribution in [2.75, 3.05) is 19.6 Å². The van der Waals surface area contributed by atoms with Crippen LogP contribution in [-0.2, 0) is 4.79 Å². The van der Waals surface area contributed by atoms with Crippen LogP contribution in [0, 0.1) is 0 Å². The second-order valence-corrected chi connectivity index (χ2v) is 2.04. The van der Waals surface area contributed by atoms with E-state index in [1.54, 1.807) is 0 Å². The molecule has 0 aliphatic carbocycles. The van der Waals surface area contributed by atoms with Crippen molar-refractivity contribution in [2.24, 2.45) is 17.2 Å². The number of aldehydes is 1. The minimum atomic E-state index is 0.139. The maximum Gasteiger partial charge on any atom is 0.133 e. The maximum absolute atomic E-state index is 9.05. The lowest BCUT2D eigenvalue weighted by atomic mass is 10.2. The molecule has 0 heterocycles. The summed E-state index contributed by atoms with van der Waals surface area (Å²) in [5, 5.41) is 0. The number of hydrogen-bond donors (Lipinski definition) is 3. The van der Waals surface area contributed by atoms with Crippen molar-refractivity contribution >= 4 is 6.29 Å². The molecule has 68 valence electrons. The second-order valence-electron chi connectivity index (χ2n) is 2.04. The van der Waals surface area contributed by atoms with E-state index in [1.807, 2.05) is 0 Å². The van der Waals surface area contributed by atoms with Gasteiger partial charge >= 0.3 is 0 Å². The number of carbonyl (C=O) groups excluding carboxylic acids is 1. The quantitative estimate of drug-likeness (QED) is 0.364. The molecule has 0 spiro atoms. The highest BCUT2D eigenvalue weighted by atomic mass is 16.1. The fourth-order valence-electron chi connectivity index (χ4n) is 0.465. The van der Waals surface area contributed by atoms with Gasteiger partial charge in [0.15, 0.2) is 0 Å². The van der Waals surface area contributed by atoms with Crippen LogP contribution in [0.25, 0.3) is 0 Å². The Morgan fingerprint density at radius 2 is 1.27 bits per heavy atom. The summed E-state index contributed by atoms with van der Waals surface area (Å²) in [5.41, 5.74) is 15.1. The largest absolute Gasteiger partial charge is 0.330 e. The molecule has 0 aliphatic rings. The standard InChI is InChI=1S/C5H14N2.C2H5NO/c6-4-2-1-3-5-7;3-1-2-4/h1-7H2;2H,1,3H2. The van der Waals surface area contributed by atoms with Crippen LogP contribution in [0.15, 0.2) is 0 Å². The predicted octanol–water partition coefficient (Wildman–Crippen LogP) is -0.782. The average Bonchev–Trinajstić information content (AvgIpc) is 2.06. The summed E-state index contributed by atoms with van der Waals surface area (Å²) in [4.78, 5) is 9.05. The Kier molecular flexibility index (Phi) is 19.5. The minimum absolute atomic E-state index is 0.139. The van der Waals surface area contributed by atoms with Gasteiger partial charge in [-0.2, -0.15) is 0 Å². The van der Waals surface area contributed by atoms with E-state index >= 15 is 0 Å². The molecule has 0 aromatic rings. The molecule has 6 N–H and O–H groups in total. The van der Waals surface area contributed by atoms with Gasteiger partial charge in [-0.05, 0) is 25.9 Å². The maximum atomic E-state index is 9.05. The highest BCUT2D eigenvalue weighted by Gasteiger charge is 1.80. The molecule has 0 aliphatic heterocycles. The number of unbranched alkanes of at least 4 members (excludes halogenated alkanes) is 2. The first-order chi connectivity index (χ1) is 5.33. The summed E-state index contributed by atoms with van der Waals surface area (Å²) in [7, 11) is 0. The molecule has 0 unspecified atom stereocenters. The van der Waals surface area contributed by atoms with Gasteiger partial charge in [-0.1, -0.05) is 6.42 Å². The van der Waals surface area contributed by atoms with Crippen LogP contribution in [0.5, 0.6) is 0 Å². The Balaban J connectivity index is 0. The summed E-state index contributed by atoms with van der Waals surface area (Å²) in [6.45, 7) is 1.75. The van der Waals surface area contributed by atoms with E-state index in [1.165, 1.54) is 6.42 Å². The Morgan fingerprint density at radius 3 is 1.45 bits per heavy atom. The summed E-state index contributed by atoms with van der Waals surface area (Å²) >= 11 is 0. The zero-order chi connectivity index (χ0) is 8.95. The normalized spacial score (nSPS) is 8.27. The number of nitrogens with two attached hydrogens (primary N) is 3. The van der Waals surface area contributed by atoms with Gasteiger partial charge < -0.3 is 22.0 Å². The van der Waals surface area contributed by atoms with Crippen molar-refractivity contribution < 1.29 is 4.79 Å². The zero-order valence-electron chi connectivity index (χ0n) is 6.96. The number of rotatable bonds is 5. The Bertz CT molecular complexity index is 64.7. The molecule has 0 fully saturated rings. The van der Waals surface area contributed by atoms with Crippen LogP contribution in [0.2, 0.25) is 0 Å². The van der Waals surface area contributed by atoms with Crippen molar-refractivity contribution in [1.82, 2.24) is 0 Å². The third-order valence-electron chi connectivity index (χ3n) is 1.00. The van der Waals surface area contributed by atoms with Gasteiger partial charge in [0.2, 0.25) is 0 Å². The monoisotopic (exact) mass is 161 g/mol. The molecular formula is C7H19N3O. The molecule has 0 saturated heterocycles. The van der Waals surface area contributed by atoms with Crippen molar-refractivity contribution in [2.45, 2.75) is 19.3 Å². The van der Waals surface area contributed by atoms with Crippen LogP contribution in [0.4, 0.5) is 0 Å². The lowest BCUT2D eigenvalue weighted by Crippen LogP contribution is -2.02. The molecule has 0 amide bonds. The van der Waals surface area contributed by atoms with E-state index in [2.05, 4.69) is 5.73 Å². The summed E-state index contributed by atoms with van der Waals surface area (Å²) in [5.74, 6) is 0. The number of hydrogen-bond acceptors (Lipinski definition) is 4. The third kappa shape index (κ3) is 26.3. The molecule has 4 nitrogen and oxygen atoms in total. The van der Waals surface area contributed by atoms with Crippen molar-refractivity contribution in [3.63, 3.8) is 0 Å². The molecule has 0 aromatic carbocycles. The molecule has 11 heavy (non-hydrogen) atoms. The Labute approximate surface area is 68.1 Å². The Morgan fingerprint density at radius 1 is 0.909 bits per heavy atom. The Hall–Kier alpha value is -0.450. The summed E-state index contributed by atoms with van der Waals surface area (Å²) < 4.78 is 0. The number of carbonyl (C=O) groups is 1. The van der Waals surface area contributed by atoms with Crippen LogP contribution >= 0.6 is 0 Å². The first-order valence-electron chi connectivity index (χ1n) is 3.87. The van der Waals surface area contributed by atoms with E-state index in [0.717, 1.165) is 25.9 Å². The molecule has 0 radical (unpaired) electrons. The van der Waals surface area contributed by atoms with Gasteiger partial charge in [0.1, 0.15) is 6.29 Å². The minimum Gasteiger partial charge on any atom is -0.330 e. The fourth-order valence-corrected chi connectivity index (χ4v) is 0.465. The SMILES string of the molecule is NCC=O.NCCCCCN. The lowest BCUT2D eigenvalue weighted by molar-refractivity contribution is -0.106.